The van der Waals surface area contributed by atoms with Gasteiger partial charge in [-0.2, -0.15) is 0 Å². The fourth-order valence-electron chi connectivity index (χ4n) is 1.68. The minimum absolute atomic E-state index is 0.121. The van der Waals surface area contributed by atoms with Crippen molar-refractivity contribution >= 4 is 10.0 Å². The number of aromatic nitrogens is 1. The van der Waals surface area contributed by atoms with Crippen molar-refractivity contribution in [3.05, 3.63) is 48.3 Å². The molecule has 0 spiro atoms. The number of sulfonamides is 1. The van der Waals surface area contributed by atoms with Crippen molar-refractivity contribution in [2.24, 2.45) is 5.14 Å². The monoisotopic (exact) mass is 248 g/mol. The van der Waals surface area contributed by atoms with Gasteiger partial charge < -0.3 is 0 Å². The molecule has 17 heavy (non-hydrogen) atoms. The Bertz CT molecular complexity index is 651. The largest absolute Gasteiger partial charge is 0.264 e. The fraction of sp³-hybridized carbons (Fsp3) is 0.0833. The lowest BCUT2D eigenvalue weighted by Crippen LogP contribution is -2.13. The number of primary sulfonamides is 1. The van der Waals surface area contributed by atoms with Crippen LogP contribution in [0, 0.1) is 6.92 Å². The Kier molecular flexibility index (Phi) is 2.95. The van der Waals surface area contributed by atoms with Crippen molar-refractivity contribution in [1.29, 1.82) is 0 Å². The Morgan fingerprint density at radius 1 is 1.12 bits per heavy atom. The van der Waals surface area contributed by atoms with Crippen LogP contribution in [-0.2, 0) is 10.0 Å². The van der Waals surface area contributed by atoms with Gasteiger partial charge in [0.05, 0.1) is 4.90 Å². The molecule has 0 aliphatic carbocycles. The first-order valence-corrected chi connectivity index (χ1v) is 6.57. The highest BCUT2D eigenvalue weighted by Gasteiger charge is 2.15. The second-order valence-corrected chi connectivity index (χ2v) is 5.26. The summed E-state index contributed by atoms with van der Waals surface area (Å²) < 4.78 is 23.0. The molecule has 2 N–H and O–H groups in total. The van der Waals surface area contributed by atoms with Gasteiger partial charge in [-0.1, -0.05) is 18.2 Å². The van der Waals surface area contributed by atoms with Gasteiger partial charge in [-0.15, -0.1) is 0 Å². The minimum atomic E-state index is -3.73. The zero-order valence-corrected chi connectivity index (χ0v) is 10.1. The summed E-state index contributed by atoms with van der Waals surface area (Å²) in [5.41, 5.74) is 2.31. The molecule has 0 aliphatic rings. The molecule has 2 aromatic rings. The molecule has 0 aliphatic heterocycles. The van der Waals surface area contributed by atoms with Crippen molar-refractivity contribution < 1.29 is 8.42 Å². The highest BCUT2D eigenvalue weighted by atomic mass is 32.2. The molecular weight excluding hydrogens is 236 g/mol. The molecule has 4 nitrogen and oxygen atoms in total. The molecule has 1 aromatic heterocycles. The molecule has 0 atom stereocenters. The first kappa shape index (κ1) is 11.8. The Morgan fingerprint density at radius 3 is 2.47 bits per heavy atom. The quantitative estimate of drug-likeness (QED) is 0.879. The molecule has 0 saturated carbocycles. The van der Waals surface area contributed by atoms with Gasteiger partial charge in [0.2, 0.25) is 10.0 Å². The first-order valence-electron chi connectivity index (χ1n) is 5.03. The van der Waals surface area contributed by atoms with Crippen molar-refractivity contribution in [2.75, 3.05) is 0 Å². The minimum Gasteiger partial charge on any atom is -0.264 e. The lowest BCUT2D eigenvalue weighted by Gasteiger charge is -2.09. The third-order valence-corrected chi connectivity index (χ3v) is 3.49. The van der Waals surface area contributed by atoms with E-state index >= 15 is 0 Å². The van der Waals surface area contributed by atoms with Crippen LogP contribution in [-0.4, -0.2) is 13.4 Å². The van der Waals surface area contributed by atoms with Crippen LogP contribution < -0.4 is 5.14 Å². The zero-order chi connectivity index (χ0) is 12.5. The van der Waals surface area contributed by atoms with E-state index in [4.69, 9.17) is 5.14 Å². The van der Waals surface area contributed by atoms with Crippen LogP contribution in [0.25, 0.3) is 11.1 Å². The SMILES string of the molecule is Cc1ccncc1-c1ccccc1S(N)(=O)=O. The van der Waals surface area contributed by atoms with Gasteiger partial charge in [0.1, 0.15) is 0 Å². The molecule has 1 aromatic carbocycles. The van der Waals surface area contributed by atoms with Crippen LogP contribution >= 0.6 is 0 Å². The number of hydrogen-bond donors (Lipinski definition) is 1. The summed E-state index contributed by atoms with van der Waals surface area (Å²) in [5, 5.41) is 5.20. The summed E-state index contributed by atoms with van der Waals surface area (Å²) in [7, 11) is -3.73. The fourth-order valence-corrected chi connectivity index (χ4v) is 2.44. The molecule has 2 rings (SSSR count). The second-order valence-electron chi connectivity index (χ2n) is 3.73. The van der Waals surface area contributed by atoms with E-state index in [2.05, 4.69) is 4.98 Å². The molecule has 88 valence electrons. The molecule has 0 saturated heterocycles. The Labute approximate surface area is 100 Å². The molecule has 0 fully saturated rings. The molecular formula is C12H12N2O2S. The van der Waals surface area contributed by atoms with Gasteiger partial charge in [-0.05, 0) is 24.6 Å². The third kappa shape index (κ3) is 2.35. The smallest absolute Gasteiger partial charge is 0.238 e. The van der Waals surface area contributed by atoms with Crippen LogP contribution in [0.15, 0.2) is 47.6 Å². The number of aryl methyl sites for hydroxylation is 1. The lowest BCUT2D eigenvalue weighted by molar-refractivity contribution is 0.598. The van der Waals surface area contributed by atoms with Crippen molar-refractivity contribution in [3.8, 4) is 11.1 Å². The predicted molar refractivity (Wildman–Crippen MR) is 65.8 cm³/mol. The molecule has 0 amide bonds. The second kappa shape index (κ2) is 4.27. The lowest BCUT2D eigenvalue weighted by atomic mass is 10.0. The molecule has 5 heteroatoms. The standard InChI is InChI=1S/C12H12N2O2S/c1-9-6-7-14-8-11(9)10-4-2-3-5-12(10)17(13,15)16/h2-8H,1H3,(H2,13,15,16). The topological polar surface area (TPSA) is 73.0 Å². The molecule has 0 radical (unpaired) electrons. The van der Waals surface area contributed by atoms with E-state index in [1.165, 1.54) is 6.07 Å². The van der Waals surface area contributed by atoms with Gasteiger partial charge in [0.15, 0.2) is 0 Å². The Balaban J connectivity index is 2.74. The first-order chi connectivity index (χ1) is 8.00. The predicted octanol–water partition coefficient (Wildman–Crippen LogP) is 1.70. The number of rotatable bonds is 2. The van der Waals surface area contributed by atoms with E-state index in [1.54, 1.807) is 30.6 Å². The number of benzene rings is 1. The Hall–Kier alpha value is -1.72. The van der Waals surface area contributed by atoms with Gasteiger partial charge >= 0.3 is 0 Å². The summed E-state index contributed by atoms with van der Waals surface area (Å²) in [6.07, 6.45) is 3.30. The van der Waals surface area contributed by atoms with Gasteiger partial charge in [-0.25, -0.2) is 13.6 Å². The van der Waals surface area contributed by atoms with Crippen molar-refractivity contribution in [3.63, 3.8) is 0 Å². The highest BCUT2D eigenvalue weighted by Crippen LogP contribution is 2.28. The maximum Gasteiger partial charge on any atom is 0.238 e. The van der Waals surface area contributed by atoms with Crippen LogP contribution in [0.4, 0.5) is 0 Å². The Morgan fingerprint density at radius 2 is 1.82 bits per heavy atom. The normalized spacial score (nSPS) is 11.4. The average Bonchev–Trinajstić information content (AvgIpc) is 2.28. The number of pyridine rings is 1. The van der Waals surface area contributed by atoms with Crippen LogP contribution in [0.3, 0.4) is 0 Å². The maximum atomic E-state index is 11.5. The van der Waals surface area contributed by atoms with E-state index in [0.29, 0.717) is 5.56 Å². The number of nitrogens with two attached hydrogens (primary N) is 1. The van der Waals surface area contributed by atoms with Gasteiger partial charge in [0.25, 0.3) is 0 Å². The van der Waals surface area contributed by atoms with E-state index in [9.17, 15) is 8.42 Å². The van der Waals surface area contributed by atoms with E-state index in [1.807, 2.05) is 13.0 Å². The summed E-state index contributed by atoms with van der Waals surface area (Å²) in [6.45, 7) is 1.90. The van der Waals surface area contributed by atoms with E-state index in [-0.39, 0.29) is 4.90 Å². The summed E-state index contributed by atoms with van der Waals surface area (Å²) >= 11 is 0. The summed E-state index contributed by atoms with van der Waals surface area (Å²) in [6, 6.07) is 8.47. The van der Waals surface area contributed by atoms with E-state index < -0.39 is 10.0 Å². The highest BCUT2D eigenvalue weighted by molar-refractivity contribution is 7.89. The zero-order valence-electron chi connectivity index (χ0n) is 9.29. The van der Waals surface area contributed by atoms with Crippen LogP contribution in [0.2, 0.25) is 0 Å². The van der Waals surface area contributed by atoms with Crippen molar-refractivity contribution in [2.45, 2.75) is 11.8 Å². The molecule has 0 bridgehead atoms. The van der Waals surface area contributed by atoms with Crippen LogP contribution in [0.5, 0.6) is 0 Å². The van der Waals surface area contributed by atoms with Gasteiger partial charge in [-0.3, -0.25) is 4.98 Å². The molecule has 1 heterocycles. The average molecular weight is 248 g/mol. The van der Waals surface area contributed by atoms with Gasteiger partial charge in [0, 0.05) is 23.5 Å². The van der Waals surface area contributed by atoms with Crippen molar-refractivity contribution in [1.82, 2.24) is 4.98 Å². The number of hydrogen-bond acceptors (Lipinski definition) is 3. The summed E-state index contributed by atoms with van der Waals surface area (Å²) in [5.74, 6) is 0. The molecule has 0 unspecified atom stereocenters. The number of nitrogens with zero attached hydrogens (tertiary/aromatic N) is 1. The third-order valence-electron chi connectivity index (χ3n) is 2.52. The maximum absolute atomic E-state index is 11.5. The summed E-state index contributed by atoms with van der Waals surface area (Å²) in [4.78, 5) is 4.13. The van der Waals surface area contributed by atoms with Crippen LogP contribution in [0.1, 0.15) is 5.56 Å². The van der Waals surface area contributed by atoms with E-state index in [0.717, 1.165) is 11.1 Å².